The maximum atomic E-state index is 12.8. The summed E-state index contributed by atoms with van der Waals surface area (Å²) < 4.78 is 12.8. The van der Waals surface area contributed by atoms with Gasteiger partial charge in [-0.05, 0) is 18.2 Å². The van der Waals surface area contributed by atoms with Crippen molar-refractivity contribution in [2.24, 2.45) is 0 Å². The molecule has 1 aromatic carbocycles. The van der Waals surface area contributed by atoms with Crippen molar-refractivity contribution < 1.29 is 14.6 Å². The molecule has 5 heteroatoms. The lowest BCUT2D eigenvalue weighted by Gasteiger charge is -2.10. The topological polar surface area (TPSA) is 52.5 Å². The fourth-order valence-corrected chi connectivity index (χ4v) is 1.18. The molecule has 0 amide bonds. The molecule has 14 heavy (non-hydrogen) atoms. The molecule has 0 aliphatic rings. The summed E-state index contributed by atoms with van der Waals surface area (Å²) in [4.78, 5) is 0. The molecule has 0 fully saturated rings. The Hall–Kier alpha value is -0.840. The number of benzene rings is 1. The Labute approximate surface area is 86.1 Å². The Morgan fingerprint density at radius 3 is 2.71 bits per heavy atom. The van der Waals surface area contributed by atoms with Crippen LogP contribution in [0.5, 0.6) is 0 Å². The zero-order valence-corrected chi connectivity index (χ0v) is 8.13. The highest BCUT2D eigenvalue weighted by molar-refractivity contribution is 6.30. The molecule has 78 valence electrons. The Morgan fingerprint density at radius 2 is 2.14 bits per heavy atom. The van der Waals surface area contributed by atoms with Gasteiger partial charge in [0.1, 0.15) is 5.82 Å². The summed E-state index contributed by atoms with van der Waals surface area (Å²) >= 11 is 5.61. The van der Waals surface area contributed by atoms with Crippen molar-refractivity contribution in [2.75, 3.05) is 18.5 Å². The molecule has 1 atom stereocenters. The highest BCUT2D eigenvalue weighted by Crippen LogP contribution is 2.17. The van der Waals surface area contributed by atoms with E-state index in [2.05, 4.69) is 5.32 Å². The molecule has 0 spiro atoms. The summed E-state index contributed by atoms with van der Waals surface area (Å²) in [6, 6.07) is 3.99. The number of anilines is 1. The van der Waals surface area contributed by atoms with Gasteiger partial charge < -0.3 is 15.5 Å². The smallest absolute Gasteiger partial charge is 0.126 e. The van der Waals surface area contributed by atoms with E-state index in [0.29, 0.717) is 5.69 Å². The van der Waals surface area contributed by atoms with E-state index in [4.69, 9.17) is 21.8 Å². The molecule has 0 aliphatic carbocycles. The number of halogens is 2. The molecular formula is C9H11ClFNO2. The van der Waals surface area contributed by atoms with Gasteiger partial charge in [-0.25, -0.2) is 4.39 Å². The van der Waals surface area contributed by atoms with Gasteiger partial charge in [0.05, 0.1) is 12.7 Å². The highest BCUT2D eigenvalue weighted by Gasteiger charge is 2.03. The van der Waals surface area contributed by atoms with Gasteiger partial charge in [0.2, 0.25) is 0 Å². The molecule has 0 saturated heterocycles. The molecule has 3 N–H and O–H groups in total. The Kier molecular flexibility index (Phi) is 4.13. The van der Waals surface area contributed by atoms with E-state index in [1.165, 1.54) is 18.2 Å². The van der Waals surface area contributed by atoms with Gasteiger partial charge >= 0.3 is 0 Å². The van der Waals surface area contributed by atoms with Crippen molar-refractivity contribution in [1.82, 2.24) is 0 Å². The van der Waals surface area contributed by atoms with Crippen LogP contribution in [0.15, 0.2) is 18.2 Å². The first-order valence-corrected chi connectivity index (χ1v) is 4.48. The number of aliphatic hydroxyl groups is 2. The summed E-state index contributed by atoms with van der Waals surface area (Å²) in [5, 5.41) is 20.6. The van der Waals surface area contributed by atoms with Crippen LogP contribution in [-0.4, -0.2) is 29.5 Å². The van der Waals surface area contributed by atoms with Crippen molar-refractivity contribution in [3.05, 3.63) is 29.0 Å². The van der Waals surface area contributed by atoms with E-state index in [1.54, 1.807) is 0 Å². The van der Waals surface area contributed by atoms with E-state index in [-0.39, 0.29) is 18.2 Å². The molecule has 0 radical (unpaired) electrons. The highest BCUT2D eigenvalue weighted by atomic mass is 35.5. The summed E-state index contributed by atoms with van der Waals surface area (Å²) in [6.45, 7) is -0.188. The first-order chi connectivity index (χ1) is 6.61. The van der Waals surface area contributed by atoms with E-state index in [1.807, 2.05) is 0 Å². The predicted molar refractivity (Wildman–Crippen MR) is 53.0 cm³/mol. The van der Waals surface area contributed by atoms with Crippen LogP contribution in [0.4, 0.5) is 10.1 Å². The molecule has 0 saturated carbocycles. The van der Waals surface area contributed by atoms with E-state index >= 15 is 0 Å². The van der Waals surface area contributed by atoms with Gasteiger partial charge in [-0.15, -0.1) is 0 Å². The molecular weight excluding hydrogens is 209 g/mol. The predicted octanol–water partition coefficient (Wildman–Crippen LogP) is 1.24. The van der Waals surface area contributed by atoms with Crippen LogP contribution < -0.4 is 5.32 Å². The average Bonchev–Trinajstić information content (AvgIpc) is 2.12. The van der Waals surface area contributed by atoms with Crippen molar-refractivity contribution in [3.8, 4) is 0 Å². The van der Waals surface area contributed by atoms with Crippen molar-refractivity contribution in [1.29, 1.82) is 0 Å². The van der Waals surface area contributed by atoms with E-state index in [0.717, 1.165) is 0 Å². The molecule has 0 unspecified atom stereocenters. The van der Waals surface area contributed by atoms with E-state index < -0.39 is 11.9 Å². The molecule has 1 rings (SSSR count). The fraction of sp³-hybridized carbons (Fsp3) is 0.333. The largest absolute Gasteiger partial charge is 0.394 e. The quantitative estimate of drug-likeness (QED) is 0.714. The van der Waals surface area contributed by atoms with Crippen LogP contribution in [0, 0.1) is 5.82 Å². The van der Waals surface area contributed by atoms with Gasteiger partial charge in [0.25, 0.3) is 0 Å². The second-order valence-corrected chi connectivity index (χ2v) is 3.31. The minimum Gasteiger partial charge on any atom is -0.394 e. The lowest BCUT2D eigenvalue weighted by Crippen LogP contribution is -2.22. The van der Waals surface area contributed by atoms with Gasteiger partial charge in [-0.2, -0.15) is 0 Å². The summed E-state index contributed by atoms with van der Waals surface area (Å²) in [5.74, 6) is -0.446. The molecule has 0 aromatic heterocycles. The lowest BCUT2D eigenvalue weighted by molar-refractivity contribution is 0.105. The first kappa shape index (κ1) is 11.2. The Bertz CT molecular complexity index is 289. The number of hydrogen-bond acceptors (Lipinski definition) is 3. The minimum atomic E-state index is -0.864. The molecule has 1 aromatic rings. The summed E-state index contributed by atoms with van der Waals surface area (Å²) in [7, 11) is 0. The van der Waals surface area contributed by atoms with Gasteiger partial charge in [-0.1, -0.05) is 11.6 Å². The second-order valence-electron chi connectivity index (χ2n) is 2.88. The Balaban J connectivity index is 2.58. The van der Waals surface area contributed by atoms with Crippen LogP contribution in [0.25, 0.3) is 0 Å². The average molecular weight is 220 g/mol. The summed E-state index contributed by atoms with van der Waals surface area (Å²) in [6.07, 6.45) is -0.864. The molecule has 0 heterocycles. The third kappa shape index (κ3) is 3.49. The van der Waals surface area contributed by atoms with Crippen molar-refractivity contribution in [2.45, 2.75) is 6.10 Å². The van der Waals surface area contributed by atoms with Crippen LogP contribution in [0.1, 0.15) is 0 Å². The van der Waals surface area contributed by atoms with E-state index in [9.17, 15) is 4.39 Å². The minimum absolute atomic E-state index is 0.149. The van der Waals surface area contributed by atoms with Gasteiger partial charge in [0, 0.05) is 17.3 Å². The molecule has 0 aliphatic heterocycles. The maximum absolute atomic E-state index is 12.8. The molecule has 3 nitrogen and oxygen atoms in total. The number of nitrogens with one attached hydrogen (secondary N) is 1. The monoisotopic (exact) mass is 219 g/mol. The van der Waals surface area contributed by atoms with Crippen LogP contribution in [0.2, 0.25) is 5.02 Å². The first-order valence-electron chi connectivity index (χ1n) is 4.10. The lowest BCUT2D eigenvalue weighted by atomic mass is 10.3. The third-order valence-electron chi connectivity index (χ3n) is 1.62. The van der Waals surface area contributed by atoms with Gasteiger partial charge in [0.15, 0.2) is 0 Å². The SMILES string of the molecule is OC[C@@H](O)CNc1cc(F)cc(Cl)c1. The Morgan fingerprint density at radius 1 is 1.43 bits per heavy atom. The third-order valence-corrected chi connectivity index (χ3v) is 1.83. The van der Waals surface area contributed by atoms with Crippen molar-refractivity contribution in [3.63, 3.8) is 0 Å². The second kappa shape index (κ2) is 5.14. The zero-order valence-electron chi connectivity index (χ0n) is 7.37. The number of hydrogen-bond donors (Lipinski definition) is 3. The standard InChI is InChI=1S/C9H11ClFNO2/c10-6-1-7(11)3-8(2-6)12-4-9(14)5-13/h1-3,9,12-14H,4-5H2/t9-/m0/s1. The fourth-order valence-electron chi connectivity index (χ4n) is 0.956. The van der Waals surface area contributed by atoms with Gasteiger partial charge in [-0.3, -0.25) is 0 Å². The number of rotatable bonds is 4. The number of aliphatic hydroxyl groups excluding tert-OH is 2. The zero-order chi connectivity index (χ0) is 10.6. The van der Waals surface area contributed by atoms with Crippen molar-refractivity contribution >= 4 is 17.3 Å². The molecule has 0 bridgehead atoms. The maximum Gasteiger partial charge on any atom is 0.126 e. The normalized spacial score (nSPS) is 12.6. The van der Waals surface area contributed by atoms with Crippen LogP contribution in [-0.2, 0) is 0 Å². The van der Waals surface area contributed by atoms with Crippen LogP contribution >= 0.6 is 11.6 Å². The summed E-state index contributed by atoms with van der Waals surface area (Å²) in [5.41, 5.74) is 0.475. The van der Waals surface area contributed by atoms with Crippen LogP contribution in [0.3, 0.4) is 0 Å².